The predicted molar refractivity (Wildman–Crippen MR) is 135 cm³/mol. The molecule has 7 heteroatoms. The summed E-state index contributed by atoms with van der Waals surface area (Å²) < 4.78 is 13.5. The van der Waals surface area contributed by atoms with Gasteiger partial charge in [0.1, 0.15) is 11.6 Å². The van der Waals surface area contributed by atoms with E-state index >= 15 is 0 Å². The number of nitrogens with zero attached hydrogens (tertiary/aromatic N) is 2. The van der Waals surface area contributed by atoms with E-state index in [2.05, 4.69) is 17.2 Å². The number of aryl methyl sites for hydroxylation is 1. The molecular formula is C27H34FN5O. The van der Waals surface area contributed by atoms with Crippen molar-refractivity contribution in [3.63, 3.8) is 0 Å². The normalized spacial score (nSPS) is 18.0. The first-order valence-electron chi connectivity index (χ1n) is 11.9. The maximum absolute atomic E-state index is 13.5. The monoisotopic (exact) mass is 463 g/mol. The van der Waals surface area contributed by atoms with Gasteiger partial charge in [-0.15, -0.1) is 0 Å². The number of amides is 1. The zero-order chi connectivity index (χ0) is 24.1. The Bertz CT molecular complexity index is 1040. The van der Waals surface area contributed by atoms with E-state index in [1.54, 1.807) is 12.1 Å². The standard InChI is InChI=1S/C27H34FN5O/c1-19-3-9-24(10-4-19)31-27(26(29)22-5-7-23(28)8-6-22)33-16-15-32(18-20(33)2)25(34)17-21-11-13-30-14-12-21/h3-10,21,30-31H,2,11-18,29H2,1H3/b27-26-. The van der Waals surface area contributed by atoms with Gasteiger partial charge in [0.15, 0.2) is 0 Å². The zero-order valence-electron chi connectivity index (χ0n) is 19.8. The van der Waals surface area contributed by atoms with Gasteiger partial charge in [-0.05, 0) is 75.2 Å². The lowest BCUT2D eigenvalue weighted by Gasteiger charge is -2.40. The van der Waals surface area contributed by atoms with Crippen molar-refractivity contribution in [2.75, 3.05) is 38.0 Å². The van der Waals surface area contributed by atoms with Crippen LogP contribution in [0.3, 0.4) is 0 Å². The Morgan fingerprint density at radius 1 is 1.12 bits per heavy atom. The van der Waals surface area contributed by atoms with Gasteiger partial charge in [0.2, 0.25) is 5.91 Å². The van der Waals surface area contributed by atoms with Gasteiger partial charge >= 0.3 is 0 Å². The molecule has 34 heavy (non-hydrogen) atoms. The minimum atomic E-state index is -0.310. The lowest BCUT2D eigenvalue weighted by atomic mass is 9.94. The second-order valence-electron chi connectivity index (χ2n) is 9.19. The zero-order valence-corrected chi connectivity index (χ0v) is 19.8. The average molecular weight is 464 g/mol. The number of hydrogen-bond donors (Lipinski definition) is 3. The van der Waals surface area contributed by atoms with Gasteiger partial charge in [-0.3, -0.25) is 4.79 Å². The lowest BCUT2D eigenvalue weighted by molar-refractivity contribution is -0.133. The largest absolute Gasteiger partial charge is 0.395 e. The highest BCUT2D eigenvalue weighted by Crippen LogP contribution is 2.26. The lowest BCUT2D eigenvalue weighted by Crippen LogP contribution is -2.48. The van der Waals surface area contributed by atoms with Crippen LogP contribution >= 0.6 is 0 Å². The molecule has 1 amide bonds. The first kappa shape index (κ1) is 23.8. The summed E-state index contributed by atoms with van der Waals surface area (Å²) in [4.78, 5) is 16.9. The number of nitrogens with one attached hydrogen (secondary N) is 2. The number of benzene rings is 2. The van der Waals surface area contributed by atoms with Gasteiger partial charge < -0.3 is 26.2 Å². The fourth-order valence-electron chi connectivity index (χ4n) is 4.53. The quantitative estimate of drug-likeness (QED) is 0.606. The van der Waals surface area contributed by atoms with Crippen molar-refractivity contribution in [1.82, 2.24) is 15.1 Å². The minimum Gasteiger partial charge on any atom is -0.395 e. The summed E-state index contributed by atoms with van der Waals surface area (Å²) >= 11 is 0. The molecule has 6 nitrogen and oxygen atoms in total. The van der Waals surface area contributed by atoms with Crippen molar-refractivity contribution in [1.29, 1.82) is 0 Å². The second-order valence-corrected chi connectivity index (χ2v) is 9.19. The van der Waals surface area contributed by atoms with E-state index in [0.29, 0.717) is 49.1 Å². The van der Waals surface area contributed by atoms with Crippen LogP contribution in [0, 0.1) is 18.7 Å². The topological polar surface area (TPSA) is 73.6 Å². The van der Waals surface area contributed by atoms with Crippen LogP contribution in [0.5, 0.6) is 0 Å². The van der Waals surface area contributed by atoms with Gasteiger partial charge in [-0.1, -0.05) is 24.3 Å². The number of piperidine rings is 1. The van der Waals surface area contributed by atoms with Crippen molar-refractivity contribution < 1.29 is 9.18 Å². The molecule has 0 saturated carbocycles. The first-order valence-corrected chi connectivity index (χ1v) is 11.9. The highest BCUT2D eigenvalue weighted by atomic mass is 19.1. The fraction of sp³-hybridized carbons (Fsp3) is 0.370. The van der Waals surface area contributed by atoms with Crippen LogP contribution in [-0.2, 0) is 4.79 Å². The van der Waals surface area contributed by atoms with E-state index in [1.807, 2.05) is 41.0 Å². The molecule has 0 atom stereocenters. The molecule has 2 aromatic rings. The summed E-state index contributed by atoms with van der Waals surface area (Å²) in [7, 11) is 0. The third-order valence-electron chi connectivity index (χ3n) is 6.62. The number of carbonyl (C=O) groups excluding carboxylic acids is 1. The van der Waals surface area contributed by atoms with Crippen LogP contribution in [0.4, 0.5) is 10.1 Å². The third-order valence-corrected chi connectivity index (χ3v) is 6.62. The molecule has 0 unspecified atom stereocenters. The molecule has 2 aliphatic rings. The van der Waals surface area contributed by atoms with Crippen LogP contribution in [0.1, 0.15) is 30.4 Å². The number of nitrogens with two attached hydrogens (primary N) is 1. The maximum atomic E-state index is 13.5. The number of carbonyl (C=O) groups is 1. The highest BCUT2D eigenvalue weighted by molar-refractivity contribution is 5.77. The third kappa shape index (κ3) is 5.78. The SMILES string of the molecule is C=C1CN(C(=O)CC2CCNCC2)CCN1/C(Nc1ccc(C)cc1)=C(\N)c1ccc(F)cc1. The summed E-state index contributed by atoms with van der Waals surface area (Å²) in [5.41, 5.74) is 10.7. The molecule has 2 aromatic carbocycles. The smallest absolute Gasteiger partial charge is 0.223 e. The van der Waals surface area contributed by atoms with E-state index in [9.17, 15) is 9.18 Å². The Kier molecular flexibility index (Phi) is 7.53. The second kappa shape index (κ2) is 10.7. The van der Waals surface area contributed by atoms with Gasteiger partial charge in [0.25, 0.3) is 0 Å². The Balaban J connectivity index is 1.53. The summed E-state index contributed by atoms with van der Waals surface area (Å²) in [5, 5.41) is 6.80. The number of piperazine rings is 1. The molecular weight excluding hydrogens is 429 g/mol. The van der Waals surface area contributed by atoms with Gasteiger partial charge in [-0.25, -0.2) is 4.39 Å². The fourth-order valence-corrected chi connectivity index (χ4v) is 4.53. The maximum Gasteiger partial charge on any atom is 0.223 e. The Morgan fingerprint density at radius 2 is 1.79 bits per heavy atom. The van der Waals surface area contributed by atoms with Crippen molar-refractivity contribution >= 4 is 17.3 Å². The molecule has 0 aliphatic carbocycles. The number of halogens is 1. The molecule has 0 aromatic heterocycles. The average Bonchev–Trinajstić information content (AvgIpc) is 2.84. The van der Waals surface area contributed by atoms with Crippen LogP contribution in [0.15, 0.2) is 66.6 Å². The van der Waals surface area contributed by atoms with Crippen LogP contribution in [0.2, 0.25) is 0 Å². The van der Waals surface area contributed by atoms with Gasteiger partial charge in [0, 0.05) is 36.5 Å². The van der Waals surface area contributed by atoms with E-state index in [4.69, 9.17) is 5.73 Å². The van der Waals surface area contributed by atoms with E-state index in [0.717, 1.165) is 42.9 Å². The number of hydrogen-bond acceptors (Lipinski definition) is 5. The molecule has 4 rings (SSSR count). The van der Waals surface area contributed by atoms with Gasteiger partial charge in [0.05, 0.1) is 12.2 Å². The van der Waals surface area contributed by atoms with E-state index in [1.165, 1.54) is 12.1 Å². The van der Waals surface area contributed by atoms with Crippen molar-refractivity contribution in [2.24, 2.45) is 11.7 Å². The van der Waals surface area contributed by atoms with Crippen LogP contribution in [-0.4, -0.2) is 48.4 Å². The Labute approximate surface area is 201 Å². The molecule has 180 valence electrons. The molecule has 4 N–H and O–H groups in total. The summed E-state index contributed by atoms with van der Waals surface area (Å²) in [6, 6.07) is 14.2. The molecule has 0 bridgehead atoms. The molecule has 0 radical (unpaired) electrons. The molecule has 2 aliphatic heterocycles. The van der Waals surface area contributed by atoms with Crippen molar-refractivity contribution in [3.05, 3.63) is 83.6 Å². The minimum absolute atomic E-state index is 0.191. The van der Waals surface area contributed by atoms with E-state index in [-0.39, 0.29) is 11.7 Å². The Hall–Kier alpha value is -3.32. The number of anilines is 1. The summed E-state index contributed by atoms with van der Waals surface area (Å²) in [5.74, 6) is 1.02. The molecule has 2 saturated heterocycles. The summed E-state index contributed by atoms with van der Waals surface area (Å²) in [6.07, 6.45) is 2.69. The highest BCUT2D eigenvalue weighted by Gasteiger charge is 2.28. The summed E-state index contributed by atoms with van der Waals surface area (Å²) in [6.45, 7) is 9.91. The van der Waals surface area contributed by atoms with E-state index < -0.39 is 0 Å². The Morgan fingerprint density at radius 3 is 2.44 bits per heavy atom. The van der Waals surface area contributed by atoms with Gasteiger partial charge in [-0.2, -0.15) is 0 Å². The van der Waals surface area contributed by atoms with Crippen molar-refractivity contribution in [2.45, 2.75) is 26.2 Å². The molecule has 2 fully saturated rings. The first-order chi connectivity index (χ1) is 16.4. The van der Waals surface area contributed by atoms with Crippen molar-refractivity contribution in [3.8, 4) is 0 Å². The molecule has 0 spiro atoms. The van der Waals surface area contributed by atoms with Crippen LogP contribution in [0.25, 0.3) is 5.70 Å². The predicted octanol–water partition coefficient (Wildman–Crippen LogP) is 3.88. The van der Waals surface area contributed by atoms with Crippen LogP contribution < -0.4 is 16.4 Å². The number of rotatable bonds is 6. The molecule has 2 heterocycles.